The van der Waals surface area contributed by atoms with Gasteiger partial charge in [0, 0.05) is 11.4 Å². The standard InChI is InChI=1S/C8H9NO2S/c1-2-7(9)5-3-12-4-6(5)8(10)11/h2-4,7H,1,9H2,(H,10,11). The number of carboxylic acids is 1. The zero-order valence-electron chi connectivity index (χ0n) is 6.36. The molecule has 1 rings (SSSR count). The molecule has 0 saturated heterocycles. The Morgan fingerprint density at radius 1 is 1.75 bits per heavy atom. The lowest BCUT2D eigenvalue weighted by molar-refractivity contribution is 0.0696. The number of rotatable bonds is 3. The number of carboxylic acid groups (broad SMARTS) is 1. The first-order valence-electron chi connectivity index (χ1n) is 3.34. The molecule has 0 aliphatic rings. The lowest BCUT2D eigenvalue weighted by Gasteiger charge is -2.03. The molecule has 1 heterocycles. The maximum absolute atomic E-state index is 10.6. The Morgan fingerprint density at radius 2 is 2.42 bits per heavy atom. The van der Waals surface area contributed by atoms with Crippen LogP contribution in [0.5, 0.6) is 0 Å². The molecule has 0 fully saturated rings. The van der Waals surface area contributed by atoms with E-state index in [1.807, 2.05) is 0 Å². The van der Waals surface area contributed by atoms with Crippen molar-refractivity contribution in [3.05, 3.63) is 34.5 Å². The molecular formula is C8H9NO2S. The van der Waals surface area contributed by atoms with Crippen LogP contribution < -0.4 is 5.73 Å². The van der Waals surface area contributed by atoms with Gasteiger partial charge in [0.25, 0.3) is 0 Å². The van der Waals surface area contributed by atoms with Gasteiger partial charge in [0.2, 0.25) is 0 Å². The van der Waals surface area contributed by atoms with E-state index in [9.17, 15) is 4.79 Å². The minimum absolute atomic E-state index is 0.271. The number of thiophene rings is 1. The van der Waals surface area contributed by atoms with Crippen molar-refractivity contribution in [1.29, 1.82) is 0 Å². The number of hydrogen-bond donors (Lipinski definition) is 2. The Morgan fingerprint density at radius 3 is 2.92 bits per heavy atom. The van der Waals surface area contributed by atoms with Crippen molar-refractivity contribution >= 4 is 17.3 Å². The van der Waals surface area contributed by atoms with E-state index in [4.69, 9.17) is 10.8 Å². The van der Waals surface area contributed by atoms with Gasteiger partial charge in [0.15, 0.2) is 0 Å². The van der Waals surface area contributed by atoms with Crippen molar-refractivity contribution in [2.24, 2.45) is 5.73 Å². The van der Waals surface area contributed by atoms with Crippen LogP contribution in [0.15, 0.2) is 23.4 Å². The minimum Gasteiger partial charge on any atom is -0.478 e. The number of hydrogen-bond acceptors (Lipinski definition) is 3. The van der Waals surface area contributed by atoms with Crippen LogP contribution in [0.2, 0.25) is 0 Å². The fourth-order valence-corrected chi connectivity index (χ4v) is 1.74. The molecule has 1 atom stereocenters. The Bertz CT molecular complexity index is 306. The van der Waals surface area contributed by atoms with E-state index in [0.717, 1.165) is 0 Å². The maximum Gasteiger partial charge on any atom is 0.336 e. The first-order valence-corrected chi connectivity index (χ1v) is 4.28. The first kappa shape index (κ1) is 8.96. The average Bonchev–Trinajstić information content (AvgIpc) is 2.50. The molecule has 12 heavy (non-hydrogen) atoms. The Balaban J connectivity index is 3.06. The lowest BCUT2D eigenvalue weighted by atomic mass is 10.1. The molecule has 3 N–H and O–H groups in total. The van der Waals surface area contributed by atoms with Crippen molar-refractivity contribution in [2.75, 3.05) is 0 Å². The van der Waals surface area contributed by atoms with Crippen molar-refractivity contribution in [1.82, 2.24) is 0 Å². The van der Waals surface area contributed by atoms with Crippen molar-refractivity contribution in [2.45, 2.75) is 6.04 Å². The molecule has 0 aliphatic heterocycles. The highest BCUT2D eigenvalue weighted by atomic mass is 32.1. The van der Waals surface area contributed by atoms with Crippen LogP contribution in [0, 0.1) is 0 Å². The predicted octanol–water partition coefficient (Wildman–Crippen LogP) is 1.63. The Kier molecular flexibility index (Phi) is 2.62. The molecular weight excluding hydrogens is 174 g/mol. The van der Waals surface area contributed by atoms with Crippen LogP contribution in [-0.4, -0.2) is 11.1 Å². The second kappa shape index (κ2) is 3.51. The molecule has 1 unspecified atom stereocenters. The van der Waals surface area contributed by atoms with Gasteiger partial charge in [0.1, 0.15) is 0 Å². The van der Waals surface area contributed by atoms with Crippen LogP contribution >= 0.6 is 11.3 Å². The van der Waals surface area contributed by atoms with Gasteiger partial charge in [-0.05, 0) is 10.9 Å². The molecule has 3 nitrogen and oxygen atoms in total. The summed E-state index contributed by atoms with van der Waals surface area (Å²) in [7, 11) is 0. The summed E-state index contributed by atoms with van der Waals surface area (Å²) < 4.78 is 0. The molecule has 0 aliphatic carbocycles. The van der Waals surface area contributed by atoms with Crippen LogP contribution in [0.25, 0.3) is 0 Å². The summed E-state index contributed by atoms with van der Waals surface area (Å²) in [5, 5.41) is 12.0. The van der Waals surface area contributed by atoms with Gasteiger partial charge in [-0.25, -0.2) is 4.79 Å². The summed E-state index contributed by atoms with van der Waals surface area (Å²) in [5.74, 6) is -0.941. The molecule has 0 bridgehead atoms. The topological polar surface area (TPSA) is 63.3 Å². The van der Waals surface area contributed by atoms with Crippen LogP contribution in [0.1, 0.15) is 22.0 Å². The molecule has 64 valence electrons. The number of carbonyl (C=O) groups is 1. The summed E-state index contributed by atoms with van der Waals surface area (Å²) in [6.45, 7) is 3.50. The van der Waals surface area contributed by atoms with E-state index in [0.29, 0.717) is 5.56 Å². The highest BCUT2D eigenvalue weighted by molar-refractivity contribution is 7.08. The predicted molar refractivity (Wildman–Crippen MR) is 48.4 cm³/mol. The van der Waals surface area contributed by atoms with E-state index in [1.165, 1.54) is 17.4 Å². The summed E-state index contributed by atoms with van der Waals surface area (Å²) in [6, 6.07) is -0.387. The zero-order valence-corrected chi connectivity index (χ0v) is 7.17. The Labute approximate surface area is 74.1 Å². The second-order valence-electron chi connectivity index (χ2n) is 2.31. The third-order valence-electron chi connectivity index (χ3n) is 1.54. The number of nitrogens with two attached hydrogens (primary N) is 1. The van der Waals surface area contributed by atoms with Gasteiger partial charge in [-0.3, -0.25) is 0 Å². The highest BCUT2D eigenvalue weighted by Gasteiger charge is 2.14. The summed E-state index contributed by atoms with van der Waals surface area (Å²) in [4.78, 5) is 10.6. The third-order valence-corrected chi connectivity index (χ3v) is 2.30. The molecule has 4 heteroatoms. The monoisotopic (exact) mass is 183 g/mol. The maximum atomic E-state index is 10.6. The minimum atomic E-state index is -0.941. The van der Waals surface area contributed by atoms with E-state index in [1.54, 1.807) is 10.8 Å². The summed E-state index contributed by atoms with van der Waals surface area (Å²) in [5.41, 5.74) is 6.50. The van der Waals surface area contributed by atoms with Gasteiger partial charge in [-0.1, -0.05) is 6.08 Å². The largest absolute Gasteiger partial charge is 0.478 e. The van der Waals surface area contributed by atoms with Gasteiger partial charge in [-0.2, -0.15) is 11.3 Å². The van der Waals surface area contributed by atoms with Gasteiger partial charge < -0.3 is 10.8 Å². The first-order chi connectivity index (χ1) is 5.66. The van der Waals surface area contributed by atoms with Crippen molar-refractivity contribution < 1.29 is 9.90 Å². The van der Waals surface area contributed by atoms with Crippen molar-refractivity contribution in [3.63, 3.8) is 0 Å². The van der Waals surface area contributed by atoms with Gasteiger partial charge in [-0.15, -0.1) is 6.58 Å². The number of aromatic carboxylic acids is 1. The quantitative estimate of drug-likeness (QED) is 0.700. The van der Waals surface area contributed by atoms with E-state index < -0.39 is 5.97 Å². The molecule has 1 aromatic heterocycles. The molecule has 0 aromatic carbocycles. The van der Waals surface area contributed by atoms with E-state index in [2.05, 4.69) is 6.58 Å². The SMILES string of the molecule is C=CC(N)c1cscc1C(=O)O. The van der Waals surface area contributed by atoms with Crippen molar-refractivity contribution in [3.8, 4) is 0 Å². The van der Waals surface area contributed by atoms with Gasteiger partial charge in [0.05, 0.1) is 5.56 Å². The molecule has 0 amide bonds. The van der Waals surface area contributed by atoms with Crippen LogP contribution in [-0.2, 0) is 0 Å². The van der Waals surface area contributed by atoms with Gasteiger partial charge >= 0.3 is 5.97 Å². The van der Waals surface area contributed by atoms with Crippen LogP contribution in [0.4, 0.5) is 0 Å². The lowest BCUT2D eigenvalue weighted by Crippen LogP contribution is -2.10. The summed E-state index contributed by atoms with van der Waals surface area (Å²) >= 11 is 1.33. The Hall–Kier alpha value is -1.13. The zero-order chi connectivity index (χ0) is 9.14. The average molecular weight is 183 g/mol. The molecule has 1 aromatic rings. The molecule has 0 saturated carbocycles. The second-order valence-corrected chi connectivity index (χ2v) is 3.05. The van der Waals surface area contributed by atoms with E-state index in [-0.39, 0.29) is 11.6 Å². The highest BCUT2D eigenvalue weighted by Crippen LogP contribution is 2.21. The summed E-state index contributed by atoms with van der Waals surface area (Å²) in [6.07, 6.45) is 1.52. The van der Waals surface area contributed by atoms with Crippen LogP contribution in [0.3, 0.4) is 0 Å². The smallest absolute Gasteiger partial charge is 0.336 e. The fourth-order valence-electron chi connectivity index (χ4n) is 0.866. The normalized spacial score (nSPS) is 12.4. The molecule has 0 spiro atoms. The fraction of sp³-hybridized carbons (Fsp3) is 0.125. The third kappa shape index (κ3) is 1.54. The molecule has 0 radical (unpaired) electrons. The van der Waals surface area contributed by atoms with E-state index >= 15 is 0 Å².